The van der Waals surface area contributed by atoms with Crippen LogP contribution < -0.4 is 20.7 Å². The van der Waals surface area contributed by atoms with Gasteiger partial charge in [-0.3, -0.25) is 0 Å². The number of H-pyrrole nitrogens is 2. The first-order chi connectivity index (χ1) is 17.3. The second-order valence-corrected chi connectivity index (χ2v) is 11.1. The number of rotatable bonds is 7. The molecule has 198 valence electrons. The van der Waals surface area contributed by atoms with Crippen LogP contribution in [0.5, 0.6) is 5.75 Å². The number of ether oxygens (including phenoxy) is 1. The van der Waals surface area contributed by atoms with Gasteiger partial charge in [0, 0.05) is 18.1 Å². The van der Waals surface area contributed by atoms with Crippen molar-refractivity contribution in [3.63, 3.8) is 0 Å². The third kappa shape index (κ3) is 5.74. The van der Waals surface area contributed by atoms with Crippen LogP contribution in [0.15, 0.2) is 34.1 Å². The highest BCUT2D eigenvalue weighted by molar-refractivity contribution is 7.93. The lowest BCUT2D eigenvalue weighted by Gasteiger charge is -2.16. The van der Waals surface area contributed by atoms with E-state index in [-0.39, 0.29) is 23.5 Å². The number of sulfonamides is 1. The zero-order chi connectivity index (χ0) is 27.5. The van der Waals surface area contributed by atoms with Crippen LogP contribution in [0, 0.1) is 6.92 Å². The van der Waals surface area contributed by atoms with Crippen molar-refractivity contribution in [1.82, 2.24) is 30.6 Å². The molecule has 2 heterocycles. The van der Waals surface area contributed by atoms with Crippen molar-refractivity contribution in [2.24, 2.45) is 10.9 Å². The third-order valence-electron chi connectivity index (χ3n) is 4.93. The normalized spacial score (nSPS) is 11.7. The second-order valence-electron chi connectivity index (χ2n) is 7.56. The molecule has 0 aliphatic carbocycles. The molecule has 2 aromatic heterocycles. The molecule has 0 atom stereocenters. The molecule has 0 saturated carbocycles. The second kappa shape index (κ2) is 10.6. The molecule has 0 unspecified atom stereocenters. The molecule has 0 spiro atoms. The molecular formula is C20H23N8O7S2-. The molecule has 2 aromatic carbocycles. The van der Waals surface area contributed by atoms with Gasteiger partial charge in [0.15, 0.2) is 9.84 Å². The number of carbonyl (C=O) groups excluding carboxylic acids is 1. The summed E-state index contributed by atoms with van der Waals surface area (Å²) in [5.41, 5.74) is 7.10. The Kier molecular flexibility index (Phi) is 7.91. The fraction of sp³-hybridized carbons (Fsp3) is 0.250. The SMILES string of the molecule is CC(=O)[O-].COc1ccc(-c2ccc(S(=O)(=O)CCN)c(S(N)(=O)=O)c2-c2nn[nH]n2)c2nc(C)[nH]c12. The number of fused-ring (bicyclic) bond motifs is 1. The number of nitrogens with two attached hydrogens (primary N) is 2. The number of methoxy groups -OCH3 is 1. The van der Waals surface area contributed by atoms with E-state index in [1.54, 1.807) is 19.1 Å². The topological polar surface area (TPSA) is 253 Å². The van der Waals surface area contributed by atoms with Gasteiger partial charge < -0.3 is 25.4 Å². The predicted molar refractivity (Wildman–Crippen MR) is 129 cm³/mol. The summed E-state index contributed by atoms with van der Waals surface area (Å²) in [6, 6.07) is 5.97. The molecule has 37 heavy (non-hydrogen) atoms. The Morgan fingerprint density at radius 3 is 2.32 bits per heavy atom. The van der Waals surface area contributed by atoms with Crippen LogP contribution in [0.1, 0.15) is 12.7 Å². The fourth-order valence-electron chi connectivity index (χ4n) is 3.64. The molecule has 4 rings (SSSR count). The van der Waals surface area contributed by atoms with Crippen LogP contribution in [0.3, 0.4) is 0 Å². The first-order valence-corrected chi connectivity index (χ1v) is 13.6. The Morgan fingerprint density at radius 1 is 1.14 bits per heavy atom. The van der Waals surface area contributed by atoms with E-state index < -0.39 is 41.4 Å². The predicted octanol–water partition coefficient (Wildman–Crippen LogP) is -1.14. The van der Waals surface area contributed by atoms with E-state index in [4.69, 9.17) is 25.5 Å². The zero-order valence-corrected chi connectivity index (χ0v) is 21.5. The maximum atomic E-state index is 12.9. The van der Waals surface area contributed by atoms with Gasteiger partial charge in [0.05, 0.1) is 23.3 Å². The summed E-state index contributed by atoms with van der Waals surface area (Å²) < 4.78 is 56.6. The van der Waals surface area contributed by atoms with Crippen LogP contribution in [0.25, 0.3) is 33.5 Å². The van der Waals surface area contributed by atoms with Gasteiger partial charge >= 0.3 is 0 Å². The standard InChI is InChI=1S/C18H20N8O5S2.C2H4O2/c1-9-21-15-11(3-5-12(31-2)16(15)22-9)10-4-6-13(32(27,28)8-7-19)17(33(20,29)30)14(10)18-23-25-26-24-18;1-2(3)4/h3-6H,7-8,19H2,1-2H3,(H,21,22)(H2,20,29,30)(H,23,24,25,26);1H3,(H,3,4)/p-1. The molecule has 4 aromatic rings. The third-order valence-corrected chi connectivity index (χ3v) is 7.84. The molecule has 17 heteroatoms. The quantitative estimate of drug-likeness (QED) is 0.213. The number of carboxylic acid groups (broad SMARTS) is 1. The number of hydrogen-bond donors (Lipinski definition) is 4. The summed E-state index contributed by atoms with van der Waals surface area (Å²) in [4.78, 5) is 15.3. The van der Waals surface area contributed by atoms with Gasteiger partial charge in [0.2, 0.25) is 15.8 Å². The maximum Gasteiger partial charge on any atom is 0.240 e. The Balaban J connectivity index is 0.000000886. The van der Waals surface area contributed by atoms with Gasteiger partial charge in [0.25, 0.3) is 0 Å². The van der Waals surface area contributed by atoms with Gasteiger partial charge in [-0.15, -0.1) is 10.2 Å². The molecular weight excluding hydrogens is 528 g/mol. The van der Waals surface area contributed by atoms with Gasteiger partial charge in [-0.25, -0.2) is 27.0 Å². The summed E-state index contributed by atoms with van der Waals surface area (Å²) in [5.74, 6) is -0.615. The average Bonchev–Trinajstić information content (AvgIpc) is 3.46. The highest BCUT2D eigenvalue weighted by Gasteiger charge is 2.32. The fourth-order valence-corrected chi connectivity index (χ4v) is 6.40. The smallest absolute Gasteiger partial charge is 0.240 e. The summed E-state index contributed by atoms with van der Waals surface area (Å²) in [5, 5.41) is 27.9. The molecule has 0 aliphatic heterocycles. The molecule has 15 nitrogen and oxygen atoms in total. The van der Waals surface area contributed by atoms with Gasteiger partial charge in [0.1, 0.15) is 27.5 Å². The Morgan fingerprint density at radius 2 is 1.78 bits per heavy atom. The number of tetrazole rings is 1. The number of benzene rings is 2. The summed E-state index contributed by atoms with van der Waals surface area (Å²) in [7, 11) is -7.17. The van der Waals surface area contributed by atoms with Crippen molar-refractivity contribution in [3.8, 4) is 28.3 Å². The van der Waals surface area contributed by atoms with Crippen molar-refractivity contribution < 1.29 is 31.5 Å². The van der Waals surface area contributed by atoms with Crippen molar-refractivity contribution in [3.05, 3.63) is 30.1 Å². The Labute approximate surface area is 211 Å². The minimum absolute atomic E-state index is 0.128. The van der Waals surface area contributed by atoms with Crippen molar-refractivity contribution in [1.29, 1.82) is 0 Å². The molecule has 0 radical (unpaired) electrons. The van der Waals surface area contributed by atoms with Crippen molar-refractivity contribution >= 4 is 36.9 Å². The van der Waals surface area contributed by atoms with Crippen LogP contribution in [-0.2, 0) is 24.7 Å². The Bertz CT molecular complexity index is 1660. The number of nitrogens with one attached hydrogen (secondary N) is 2. The van der Waals surface area contributed by atoms with Crippen LogP contribution >= 0.6 is 0 Å². The van der Waals surface area contributed by atoms with Crippen LogP contribution in [-0.4, -0.2) is 72.8 Å². The lowest BCUT2D eigenvalue weighted by Crippen LogP contribution is -2.22. The van der Waals surface area contributed by atoms with Crippen LogP contribution in [0.4, 0.5) is 0 Å². The van der Waals surface area contributed by atoms with E-state index in [2.05, 4.69) is 30.6 Å². The summed E-state index contributed by atoms with van der Waals surface area (Å²) >= 11 is 0. The number of carbonyl (C=O) groups is 1. The molecule has 0 saturated heterocycles. The number of sulfone groups is 1. The molecule has 0 fully saturated rings. The number of carboxylic acids is 1. The number of hydrogen-bond acceptors (Lipinski definition) is 12. The first-order valence-electron chi connectivity index (χ1n) is 10.4. The summed E-state index contributed by atoms with van der Waals surface area (Å²) in [6.07, 6.45) is 0. The minimum atomic E-state index is -4.58. The van der Waals surface area contributed by atoms with E-state index in [1.807, 2.05) is 0 Å². The van der Waals surface area contributed by atoms with Gasteiger partial charge in [-0.1, -0.05) is 6.07 Å². The number of imidazole rings is 1. The van der Waals surface area contributed by atoms with E-state index >= 15 is 0 Å². The molecule has 0 amide bonds. The minimum Gasteiger partial charge on any atom is -0.550 e. The Hall–Kier alpha value is -3.93. The first kappa shape index (κ1) is 27.7. The monoisotopic (exact) mass is 551 g/mol. The number of aromatic amines is 2. The zero-order valence-electron chi connectivity index (χ0n) is 19.8. The van der Waals surface area contributed by atoms with Gasteiger partial charge in [-0.05, 0) is 42.8 Å². The van der Waals surface area contributed by atoms with E-state index in [1.165, 1.54) is 19.2 Å². The lowest BCUT2D eigenvalue weighted by molar-refractivity contribution is -0.302. The van der Waals surface area contributed by atoms with E-state index in [0.29, 0.717) is 28.2 Å². The van der Waals surface area contributed by atoms with E-state index in [9.17, 15) is 16.8 Å². The number of aromatic nitrogens is 6. The van der Waals surface area contributed by atoms with E-state index in [0.717, 1.165) is 6.92 Å². The number of primary sulfonamides is 1. The lowest BCUT2D eigenvalue weighted by atomic mass is 9.97. The highest BCUT2D eigenvalue weighted by atomic mass is 32.2. The molecule has 6 N–H and O–H groups in total. The maximum absolute atomic E-state index is 12.9. The average molecular weight is 552 g/mol. The number of aliphatic carboxylic acids is 1. The molecule has 0 aliphatic rings. The summed E-state index contributed by atoms with van der Waals surface area (Å²) in [6.45, 7) is 2.51. The number of nitrogens with zero attached hydrogens (tertiary/aromatic N) is 4. The number of aryl methyl sites for hydroxylation is 1. The van der Waals surface area contributed by atoms with Crippen molar-refractivity contribution in [2.75, 3.05) is 19.4 Å². The largest absolute Gasteiger partial charge is 0.550 e. The molecule has 0 bridgehead atoms. The van der Waals surface area contributed by atoms with Crippen LogP contribution in [0.2, 0.25) is 0 Å². The van der Waals surface area contributed by atoms with Crippen molar-refractivity contribution in [2.45, 2.75) is 23.6 Å². The highest BCUT2D eigenvalue weighted by Crippen LogP contribution is 2.42. The van der Waals surface area contributed by atoms with Gasteiger partial charge in [-0.2, -0.15) is 5.21 Å².